The molecular weight excluding hydrogens is 581 g/mol. The molecule has 3 aromatic carbocycles. The van der Waals surface area contributed by atoms with Crippen molar-refractivity contribution in [1.29, 1.82) is 0 Å². The van der Waals surface area contributed by atoms with Gasteiger partial charge < -0.3 is 4.57 Å². The van der Waals surface area contributed by atoms with Gasteiger partial charge in [0.2, 0.25) is 0 Å². The molecule has 7 aromatic rings. The number of hydrogen-bond donors (Lipinski definition) is 0. The number of pyridine rings is 1. The van der Waals surface area contributed by atoms with E-state index in [2.05, 4.69) is 95.5 Å². The molecule has 7 rings (SSSR count). The molecule has 0 fully saturated rings. The smallest absolute Gasteiger partial charge is 0.0811 e. The van der Waals surface area contributed by atoms with Crippen LogP contribution in [-0.2, 0) is 21.1 Å². The van der Waals surface area contributed by atoms with Gasteiger partial charge in [-0.05, 0) is 30.6 Å². The molecule has 0 saturated heterocycles. The van der Waals surface area contributed by atoms with E-state index in [4.69, 9.17) is 0 Å². The van der Waals surface area contributed by atoms with Crippen LogP contribution in [0, 0.1) is 13.0 Å². The Morgan fingerprint density at radius 3 is 2.26 bits per heavy atom. The molecule has 3 nitrogen and oxygen atoms in total. The van der Waals surface area contributed by atoms with Gasteiger partial charge in [0.1, 0.15) is 0 Å². The summed E-state index contributed by atoms with van der Waals surface area (Å²) in [5.41, 5.74) is 5.71. The largest absolute Gasteiger partial charge is 0.364 e. The maximum absolute atomic E-state index is 4.58. The zero-order valence-corrected chi connectivity index (χ0v) is 19.7. The minimum absolute atomic E-state index is 0. The topological polar surface area (TPSA) is 22.2 Å². The predicted octanol–water partition coefficient (Wildman–Crippen LogP) is 6.91. The number of fused-ring (bicyclic) bond motifs is 9. The van der Waals surface area contributed by atoms with Crippen LogP contribution >= 0.6 is 11.3 Å². The van der Waals surface area contributed by atoms with Crippen molar-refractivity contribution < 1.29 is 21.1 Å². The molecule has 5 heteroatoms. The van der Waals surface area contributed by atoms with E-state index in [-0.39, 0.29) is 21.1 Å². The van der Waals surface area contributed by atoms with Crippen LogP contribution in [0.3, 0.4) is 0 Å². The number of benzene rings is 3. The summed E-state index contributed by atoms with van der Waals surface area (Å²) < 4.78 is 5.65. The number of aryl methyl sites for hydroxylation is 1. The third-order valence-electron chi connectivity index (χ3n) is 5.98. The molecule has 0 aliphatic heterocycles. The summed E-state index contributed by atoms with van der Waals surface area (Å²) in [5.74, 6) is 0. The number of rotatable bonds is 1. The molecule has 4 aromatic heterocycles. The third kappa shape index (κ3) is 2.52. The first-order valence-corrected chi connectivity index (χ1v) is 10.8. The summed E-state index contributed by atoms with van der Waals surface area (Å²) in [7, 11) is 0. The molecular formula is C26H16N3PtS-. The second kappa shape index (κ2) is 6.78. The average molecular weight is 598 g/mol. The van der Waals surface area contributed by atoms with E-state index in [0.717, 1.165) is 16.7 Å². The van der Waals surface area contributed by atoms with E-state index in [9.17, 15) is 0 Å². The molecule has 0 aliphatic carbocycles. The average Bonchev–Trinajstić information content (AvgIpc) is 3.48. The SMILES string of the molecule is Cc1cc2c3cc(-n4c5ccccc5c5ccccc54)c[c-]c3n3nccc3c2s1.[Pt]. The van der Waals surface area contributed by atoms with Crippen molar-refractivity contribution in [2.75, 3.05) is 0 Å². The quantitative estimate of drug-likeness (QED) is 0.189. The Hall–Kier alpha value is -2.94. The van der Waals surface area contributed by atoms with Crippen LogP contribution in [0.4, 0.5) is 0 Å². The van der Waals surface area contributed by atoms with Gasteiger partial charge in [-0.3, -0.25) is 4.52 Å². The monoisotopic (exact) mass is 597 g/mol. The summed E-state index contributed by atoms with van der Waals surface area (Å²) >= 11 is 1.83. The van der Waals surface area contributed by atoms with E-state index in [0.29, 0.717) is 0 Å². The van der Waals surface area contributed by atoms with E-state index in [1.54, 1.807) is 0 Å². The van der Waals surface area contributed by atoms with Gasteiger partial charge >= 0.3 is 0 Å². The van der Waals surface area contributed by atoms with Crippen molar-refractivity contribution in [2.45, 2.75) is 6.92 Å². The molecule has 0 amide bonds. The van der Waals surface area contributed by atoms with Crippen molar-refractivity contribution in [3.05, 3.63) is 89.9 Å². The second-order valence-electron chi connectivity index (χ2n) is 7.72. The molecule has 4 heterocycles. The van der Waals surface area contributed by atoms with Crippen LogP contribution in [-0.4, -0.2) is 14.2 Å². The summed E-state index contributed by atoms with van der Waals surface area (Å²) in [6.07, 6.45) is 1.87. The van der Waals surface area contributed by atoms with Gasteiger partial charge in [-0.15, -0.1) is 17.4 Å². The Labute approximate surface area is 196 Å². The van der Waals surface area contributed by atoms with E-state index >= 15 is 0 Å². The molecule has 0 bridgehead atoms. The van der Waals surface area contributed by atoms with Crippen LogP contribution in [0.2, 0.25) is 0 Å². The summed E-state index contributed by atoms with van der Waals surface area (Å²) in [4.78, 5) is 1.31. The summed E-state index contributed by atoms with van der Waals surface area (Å²) in [6, 6.07) is 29.5. The maximum Gasteiger partial charge on any atom is 0.0811 e. The van der Waals surface area contributed by atoms with Gasteiger partial charge in [0.25, 0.3) is 0 Å². The standard InChI is InChI=1S/C26H16N3S.Pt/c1-16-14-21-20-15-17(10-11-24(20)29-25(12-13-27-29)26(21)30-16)28-22-8-4-2-6-18(22)19-7-3-5-9-23(19)28;/h2-10,12-15H,1H3;/q-1;. The van der Waals surface area contributed by atoms with Gasteiger partial charge in [0.05, 0.1) is 5.52 Å². The fourth-order valence-corrected chi connectivity index (χ4v) is 5.78. The van der Waals surface area contributed by atoms with Crippen LogP contribution in [0.1, 0.15) is 4.88 Å². The fourth-order valence-electron chi connectivity index (χ4n) is 4.75. The predicted molar refractivity (Wildman–Crippen MR) is 126 cm³/mol. The Morgan fingerprint density at radius 1 is 0.806 bits per heavy atom. The number of thiophene rings is 1. The number of para-hydroxylation sites is 2. The molecule has 0 atom stereocenters. The number of hydrogen-bond acceptors (Lipinski definition) is 2. The maximum atomic E-state index is 4.58. The zero-order chi connectivity index (χ0) is 19.8. The molecule has 0 radical (unpaired) electrons. The van der Waals surface area contributed by atoms with Gasteiger partial charge in [0, 0.05) is 58.6 Å². The summed E-state index contributed by atoms with van der Waals surface area (Å²) in [5, 5.41) is 9.59. The van der Waals surface area contributed by atoms with Crippen LogP contribution in [0.15, 0.2) is 79.0 Å². The Kier molecular flexibility index (Phi) is 4.11. The minimum atomic E-state index is 0. The van der Waals surface area contributed by atoms with Gasteiger partial charge in [-0.1, -0.05) is 58.9 Å². The molecule has 0 aliphatic rings. The third-order valence-corrected chi connectivity index (χ3v) is 7.05. The molecule has 0 saturated carbocycles. The Balaban J connectivity index is 0.00000185. The molecule has 0 spiro atoms. The first kappa shape index (κ1) is 18.8. The van der Waals surface area contributed by atoms with E-state index in [1.807, 2.05) is 22.0 Å². The van der Waals surface area contributed by atoms with Crippen LogP contribution in [0.5, 0.6) is 0 Å². The number of aromatic nitrogens is 3. The van der Waals surface area contributed by atoms with E-state index in [1.165, 1.54) is 42.2 Å². The van der Waals surface area contributed by atoms with Gasteiger partial charge in [-0.2, -0.15) is 17.2 Å². The minimum Gasteiger partial charge on any atom is -0.364 e. The molecule has 0 N–H and O–H groups in total. The van der Waals surface area contributed by atoms with Gasteiger partial charge in [-0.25, -0.2) is 0 Å². The Bertz CT molecular complexity index is 1720. The first-order valence-electron chi connectivity index (χ1n) is 9.99. The van der Waals surface area contributed by atoms with E-state index < -0.39 is 0 Å². The fraction of sp³-hybridized carbons (Fsp3) is 0.0385. The molecule has 0 unspecified atom stereocenters. The van der Waals surface area contributed by atoms with Crippen LogP contribution < -0.4 is 0 Å². The van der Waals surface area contributed by atoms with Crippen molar-refractivity contribution in [2.24, 2.45) is 0 Å². The van der Waals surface area contributed by atoms with Crippen molar-refractivity contribution in [3.8, 4) is 5.69 Å². The zero-order valence-electron chi connectivity index (χ0n) is 16.6. The molecule has 152 valence electrons. The van der Waals surface area contributed by atoms with Gasteiger partial charge in [0.15, 0.2) is 0 Å². The normalized spacial score (nSPS) is 11.8. The Morgan fingerprint density at radius 2 is 1.52 bits per heavy atom. The number of nitrogens with zero attached hydrogens (tertiary/aromatic N) is 3. The van der Waals surface area contributed by atoms with Crippen LogP contribution in [0.25, 0.3) is 54.0 Å². The second-order valence-corrected chi connectivity index (χ2v) is 8.97. The van der Waals surface area contributed by atoms with Crippen molar-refractivity contribution >= 4 is 59.6 Å². The first-order chi connectivity index (χ1) is 14.8. The molecule has 31 heavy (non-hydrogen) atoms. The van der Waals surface area contributed by atoms with Crippen molar-refractivity contribution in [1.82, 2.24) is 14.2 Å². The summed E-state index contributed by atoms with van der Waals surface area (Å²) in [6.45, 7) is 2.17. The van der Waals surface area contributed by atoms with Crippen molar-refractivity contribution in [3.63, 3.8) is 0 Å².